The first-order valence-electron chi connectivity index (χ1n) is 9.68. The molecule has 0 N–H and O–H groups in total. The Bertz CT molecular complexity index is 740. The SMILES string of the molecule is Cc1ccc(CN2CCC(n3cc(C(=O)N4CCCC4)nn3)CC2)cc1. The molecule has 2 saturated heterocycles. The number of benzene rings is 1. The highest BCUT2D eigenvalue weighted by molar-refractivity contribution is 5.92. The minimum atomic E-state index is 0.0329. The van der Waals surface area contributed by atoms with Crippen molar-refractivity contribution < 1.29 is 4.79 Å². The number of likely N-dealkylation sites (tertiary alicyclic amines) is 2. The van der Waals surface area contributed by atoms with Crippen LogP contribution in [0.15, 0.2) is 30.5 Å². The van der Waals surface area contributed by atoms with Gasteiger partial charge in [-0.3, -0.25) is 9.69 Å². The van der Waals surface area contributed by atoms with Crippen LogP contribution in [0.2, 0.25) is 0 Å². The van der Waals surface area contributed by atoms with E-state index in [0.29, 0.717) is 11.7 Å². The lowest BCUT2D eigenvalue weighted by atomic mass is 10.0. The van der Waals surface area contributed by atoms with Crippen LogP contribution < -0.4 is 0 Å². The summed E-state index contributed by atoms with van der Waals surface area (Å²) < 4.78 is 1.91. The highest BCUT2D eigenvalue weighted by atomic mass is 16.2. The number of carbonyl (C=O) groups is 1. The van der Waals surface area contributed by atoms with Gasteiger partial charge in [0.15, 0.2) is 5.69 Å². The maximum Gasteiger partial charge on any atom is 0.276 e. The van der Waals surface area contributed by atoms with E-state index in [9.17, 15) is 4.79 Å². The van der Waals surface area contributed by atoms with E-state index in [0.717, 1.165) is 58.4 Å². The smallest absolute Gasteiger partial charge is 0.276 e. The molecule has 2 aliphatic heterocycles. The van der Waals surface area contributed by atoms with Crippen molar-refractivity contribution in [2.75, 3.05) is 26.2 Å². The lowest BCUT2D eigenvalue weighted by Gasteiger charge is -2.31. The summed E-state index contributed by atoms with van der Waals surface area (Å²) >= 11 is 0. The van der Waals surface area contributed by atoms with Crippen LogP contribution in [0.3, 0.4) is 0 Å². The lowest BCUT2D eigenvalue weighted by Crippen LogP contribution is -2.34. The molecule has 138 valence electrons. The largest absolute Gasteiger partial charge is 0.337 e. The molecule has 2 aliphatic rings. The minimum Gasteiger partial charge on any atom is -0.337 e. The summed E-state index contributed by atoms with van der Waals surface area (Å²) in [6.45, 7) is 6.92. The van der Waals surface area contributed by atoms with Crippen LogP contribution in [0.1, 0.15) is 53.3 Å². The Morgan fingerprint density at radius 1 is 1.08 bits per heavy atom. The van der Waals surface area contributed by atoms with Gasteiger partial charge in [-0.25, -0.2) is 4.68 Å². The number of carbonyl (C=O) groups excluding carboxylic acids is 1. The van der Waals surface area contributed by atoms with Crippen molar-refractivity contribution in [1.82, 2.24) is 24.8 Å². The van der Waals surface area contributed by atoms with E-state index in [2.05, 4.69) is 46.4 Å². The first-order valence-corrected chi connectivity index (χ1v) is 9.68. The van der Waals surface area contributed by atoms with Crippen LogP contribution in [0, 0.1) is 6.92 Å². The van der Waals surface area contributed by atoms with Gasteiger partial charge in [-0.1, -0.05) is 35.0 Å². The van der Waals surface area contributed by atoms with Crippen molar-refractivity contribution in [3.63, 3.8) is 0 Å². The number of hydrogen-bond acceptors (Lipinski definition) is 4. The van der Waals surface area contributed by atoms with Crippen LogP contribution in [0.4, 0.5) is 0 Å². The molecule has 0 spiro atoms. The first-order chi connectivity index (χ1) is 12.7. The van der Waals surface area contributed by atoms with Crippen LogP contribution in [-0.4, -0.2) is 56.9 Å². The highest BCUT2D eigenvalue weighted by Crippen LogP contribution is 2.23. The molecule has 0 atom stereocenters. The maximum absolute atomic E-state index is 12.4. The van der Waals surface area contributed by atoms with Gasteiger partial charge in [-0.2, -0.15) is 0 Å². The second kappa shape index (κ2) is 7.58. The van der Waals surface area contributed by atoms with E-state index in [4.69, 9.17) is 0 Å². The number of aromatic nitrogens is 3. The van der Waals surface area contributed by atoms with Gasteiger partial charge in [-0.05, 0) is 38.2 Å². The van der Waals surface area contributed by atoms with E-state index in [-0.39, 0.29) is 5.91 Å². The number of nitrogens with zero attached hydrogens (tertiary/aromatic N) is 5. The monoisotopic (exact) mass is 353 g/mol. The molecule has 1 aromatic heterocycles. The Kier molecular flexibility index (Phi) is 5.02. The summed E-state index contributed by atoms with van der Waals surface area (Å²) in [4.78, 5) is 16.8. The van der Waals surface area contributed by atoms with Crippen molar-refractivity contribution in [3.05, 3.63) is 47.3 Å². The summed E-state index contributed by atoms with van der Waals surface area (Å²) in [5.41, 5.74) is 3.17. The number of amides is 1. The fourth-order valence-electron chi connectivity index (χ4n) is 3.93. The Hall–Kier alpha value is -2.21. The fraction of sp³-hybridized carbons (Fsp3) is 0.550. The average Bonchev–Trinajstić information content (AvgIpc) is 3.36. The van der Waals surface area contributed by atoms with Crippen molar-refractivity contribution in [2.24, 2.45) is 0 Å². The third-order valence-corrected chi connectivity index (χ3v) is 5.58. The van der Waals surface area contributed by atoms with Gasteiger partial charge in [-0.15, -0.1) is 5.10 Å². The second-order valence-electron chi connectivity index (χ2n) is 7.58. The quantitative estimate of drug-likeness (QED) is 0.848. The average molecular weight is 353 g/mol. The minimum absolute atomic E-state index is 0.0329. The van der Waals surface area contributed by atoms with Gasteiger partial charge in [0.1, 0.15) is 0 Å². The van der Waals surface area contributed by atoms with Gasteiger partial charge in [0.2, 0.25) is 0 Å². The lowest BCUT2D eigenvalue weighted by molar-refractivity contribution is 0.0787. The zero-order valence-corrected chi connectivity index (χ0v) is 15.5. The Labute approximate surface area is 154 Å². The van der Waals surface area contributed by atoms with Crippen molar-refractivity contribution in [2.45, 2.75) is 45.2 Å². The van der Waals surface area contributed by atoms with E-state index in [1.54, 1.807) is 0 Å². The molecule has 1 amide bonds. The molecule has 2 fully saturated rings. The molecule has 26 heavy (non-hydrogen) atoms. The Balaban J connectivity index is 1.32. The number of aryl methyl sites for hydroxylation is 1. The molecule has 1 aromatic carbocycles. The van der Waals surface area contributed by atoms with Crippen molar-refractivity contribution >= 4 is 5.91 Å². The predicted molar refractivity (Wildman–Crippen MR) is 99.9 cm³/mol. The number of piperidine rings is 1. The van der Waals surface area contributed by atoms with Gasteiger partial charge < -0.3 is 4.90 Å². The molecule has 0 radical (unpaired) electrons. The zero-order valence-electron chi connectivity index (χ0n) is 15.5. The normalized spacial score (nSPS) is 19.2. The maximum atomic E-state index is 12.4. The van der Waals surface area contributed by atoms with E-state index in [1.165, 1.54) is 11.1 Å². The van der Waals surface area contributed by atoms with Gasteiger partial charge in [0.05, 0.1) is 12.2 Å². The molecule has 4 rings (SSSR count). The standard InChI is InChI=1S/C20H27N5O/c1-16-4-6-17(7-5-16)14-23-12-8-18(9-13-23)25-15-19(21-22-25)20(26)24-10-2-3-11-24/h4-7,15,18H,2-3,8-14H2,1H3. The van der Waals surface area contributed by atoms with Crippen LogP contribution in [0.25, 0.3) is 0 Å². The van der Waals surface area contributed by atoms with Crippen LogP contribution in [0.5, 0.6) is 0 Å². The third-order valence-electron chi connectivity index (χ3n) is 5.58. The molecule has 6 nitrogen and oxygen atoms in total. The molecule has 0 unspecified atom stereocenters. The molecule has 0 bridgehead atoms. The molecule has 0 aliphatic carbocycles. The van der Waals surface area contributed by atoms with Crippen LogP contribution >= 0.6 is 0 Å². The predicted octanol–water partition coefficient (Wildman–Crippen LogP) is 2.66. The molecule has 2 aromatic rings. The topological polar surface area (TPSA) is 54.3 Å². The second-order valence-corrected chi connectivity index (χ2v) is 7.58. The first kappa shape index (κ1) is 17.2. The molecule has 6 heteroatoms. The number of rotatable bonds is 4. The molecular formula is C20H27N5O. The van der Waals surface area contributed by atoms with Gasteiger partial charge >= 0.3 is 0 Å². The Morgan fingerprint density at radius 2 is 1.77 bits per heavy atom. The van der Waals surface area contributed by atoms with E-state index in [1.807, 2.05) is 15.8 Å². The highest BCUT2D eigenvalue weighted by Gasteiger charge is 2.25. The van der Waals surface area contributed by atoms with E-state index >= 15 is 0 Å². The number of hydrogen-bond donors (Lipinski definition) is 0. The molecule has 0 saturated carbocycles. The van der Waals surface area contributed by atoms with Crippen molar-refractivity contribution in [3.8, 4) is 0 Å². The fourth-order valence-corrected chi connectivity index (χ4v) is 3.93. The van der Waals surface area contributed by atoms with Crippen LogP contribution in [-0.2, 0) is 6.54 Å². The van der Waals surface area contributed by atoms with Gasteiger partial charge in [0, 0.05) is 32.7 Å². The summed E-state index contributed by atoms with van der Waals surface area (Å²) in [7, 11) is 0. The summed E-state index contributed by atoms with van der Waals surface area (Å²) in [5, 5.41) is 8.39. The van der Waals surface area contributed by atoms with Crippen molar-refractivity contribution in [1.29, 1.82) is 0 Å². The molecular weight excluding hydrogens is 326 g/mol. The third kappa shape index (κ3) is 3.80. The summed E-state index contributed by atoms with van der Waals surface area (Å²) in [5.74, 6) is 0.0329. The summed E-state index contributed by atoms with van der Waals surface area (Å²) in [6.07, 6.45) is 6.14. The van der Waals surface area contributed by atoms with Gasteiger partial charge in [0.25, 0.3) is 5.91 Å². The van der Waals surface area contributed by atoms with E-state index < -0.39 is 0 Å². The Morgan fingerprint density at radius 3 is 2.46 bits per heavy atom. The zero-order chi connectivity index (χ0) is 17.9. The molecule has 3 heterocycles. The summed E-state index contributed by atoms with van der Waals surface area (Å²) in [6, 6.07) is 9.13.